The van der Waals surface area contributed by atoms with E-state index in [1.807, 2.05) is 30.3 Å². The predicted molar refractivity (Wildman–Crippen MR) is 64.5 cm³/mol. The van der Waals surface area contributed by atoms with Crippen molar-refractivity contribution < 1.29 is 14.3 Å². The topological polar surface area (TPSA) is 55.4 Å². The Morgan fingerprint density at radius 1 is 1.29 bits per heavy atom. The van der Waals surface area contributed by atoms with Crippen LogP contribution in [0.2, 0.25) is 0 Å². The fraction of sp³-hybridized carbons (Fsp3) is 0.385. The lowest BCUT2D eigenvalue weighted by atomic mass is 9.99. The van der Waals surface area contributed by atoms with Gasteiger partial charge in [0, 0.05) is 13.5 Å². The standard InChI is InChI=1S/C13H17NO3/c1-3-17-13(16)12(9-14-10(2)15)11-7-5-4-6-8-11/h4-8,12H,3,9H2,1-2H3,(H,14,15)/t12-/m0/s1. The molecule has 17 heavy (non-hydrogen) atoms. The first-order valence-corrected chi connectivity index (χ1v) is 5.61. The molecule has 92 valence electrons. The smallest absolute Gasteiger partial charge is 0.315 e. The number of hydrogen-bond acceptors (Lipinski definition) is 3. The van der Waals surface area contributed by atoms with E-state index in [2.05, 4.69) is 5.32 Å². The molecule has 1 atom stereocenters. The van der Waals surface area contributed by atoms with Gasteiger partial charge in [-0.25, -0.2) is 0 Å². The van der Waals surface area contributed by atoms with Crippen LogP contribution in [0.1, 0.15) is 25.3 Å². The molecule has 0 aliphatic carbocycles. The van der Waals surface area contributed by atoms with Crippen molar-refractivity contribution in [2.24, 2.45) is 0 Å². The summed E-state index contributed by atoms with van der Waals surface area (Å²) < 4.78 is 5.00. The molecule has 4 nitrogen and oxygen atoms in total. The van der Waals surface area contributed by atoms with Gasteiger partial charge in [0.1, 0.15) is 0 Å². The van der Waals surface area contributed by atoms with Crippen LogP contribution in [0, 0.1) is 0 Å². The van der Waals surface area contributed by atoms with Crippen molar-refractivity contribution in [3.05, 3.63) is 35.9 Å². The largest absolute Gasteiger partial charge is 0.465 e. The first-order valence-electron chi connectivity index (χ1n) is 5.61. The van der Waals surface area contributed by atoms with E-state index >= 15 is 0 Å². The minimum atomic E-state index is -0.444. The molecule has 0 spiro atoms. The molecule has 0 aliphatic heterocycles. The summed E-state index contributed by atoms with van der Waals surface area (Å²) in [5.74, 6) is -0.914. The molecular formula is C13H17NO3. The lowest BCUT2D eigenvalue weighted by Gasteiger charge is -2.16. The van der Waals surface area contributed by atoms with Crippen molar-refractivity contribution in [2.45, 2.75) is 19.8 Å². The van der Waals surface area contributed by atoms with Crippen LogP contribution in [0.5, 0.6) is 0 Å². The number of esters is 1. The molecule has 0 fully saturated rings. The zero-order chi connectivity index (χ0) is 12.7. The van der Waals surface area contributed by atoms with Crippen LogP contribution in [0.3, 0.4) is 0 Å². The molecule has 0 heterocycles. The SMILES string of the molecule is CCOC(=O)[C@@H](CNC(C)=O)c1ccccc1. The highest BCUT2D eigenvalue weighted by Crippen LogP contribution is 2.16. The Morgan fingerprint density at radius 3 is 2.47 bits per heavy atom. The molecular weight excluding hydrogens is 218 g/mol. The molecule has 0 saturated carbocycles. The molecule has 1 aromatic rings. The van der Waals surface area contributed by atoms with Gasteiger partial charge in [0.05, 0.1) is 12.5 Å². The van der Waals surface area contributed by atoms with Gasteiger partial charge in [-0.3, -0.25) is 9.59 Å². The summed E-state index contributed by atoms with van der Waals surface area (Å²) >= 11 is 0. The zero-order valence-corrected chi connectivity index (χ0v) is 10.1. The lowest BCUT2D eigenvalue weighted by molar-refractivity contribution is -0.144. The number of nitrogens with one attached hydrogen (secondary N) is 1. The number of amides is 1. The van der Waals surface area contributed by atoms with E-state index in [9.17, 15) is 9.59 Å². The lowest BCUT2D eigenvalue weighted by Crippen LogP contribution is -2.31. The van der Waals surface area contributed by atoms with Gasteiger partial charge in [-0.05, 0) is 12.5 Å². The van der Waals surface area contributed by atoms with Crippen molar-refractivity contribution in [1.82, 2.24) is 5.32 Å². The average molecular weight is 235 g/mol. The van der Waals surface area contributed by atoms with E-state index in [-0.39, 0.29) is 18.4 Å². The third-order valence-electron chi connectivity index (χ3n) is 2.33. The van der Waals surface area contributed by atoms with Gasteiger partial charge in [0.25, 0.3) is 0 Å². The normalized spacial score (nSPS) is 11.6. The molecule has 0 aromatic heterocycles. The van der Waals surface area contributed by atoms with E-state index in [0.29, 0.717) is 6.61 Å². The summed E-state index contributed by atoms with van der Waals surface area (Å²) in [6, 6.07) is 9.29. The maximum atomic E-state index is 11.8. The third-order valence-corrected chi connectivity index (χ3v) is 2.33. The van der Waals surface area contributed by atoms with Crippen molar-refractivity contribution >= 4 is 11.9 Å². The highest BCUT2D eigenvalue weighted by Gasteiger charge is 2.21. The van der Waals surface area contributed by atoms with Crippen LogP contribution in [0.4, 0.5) is 0 Å². The third kappa shape index (κ3) is 4.26. The number of carbonyl (C=O) groups is 2. The van der Waals surface area contributed by atoms with E-state index in [1.165, 1.54) is 6.92 Å². The summed E-state index contributed by atoms with van der Waals surface area (Å²) in [7, 11) is 0. The van der Waals surface area contributed by atoms with E-state index in [0.717, 1.165) is 5.56 Å². The number of carbonyl (C=O) groups excluding carboxylic acids is 2. The molecule has 0 unspecified atom stereocenters. The Bertz CT molecular complexity index is 376. The monoisotopic (exact) mass is 235 g/mol. The Balaban J connectivity index is 2.78. The molecule has 1 rings (SSSR count). The van der Waals surface area contributed by atoms with Gasteiger partial charge in [0.15, 0.2) is 0 Å². The summed E-state index contributed by atoms with van der Waals surface area (Å²) in [6.45, 7) is 3.78. The van der Waals surface area contributed by atoms with Gasteiger partial charge in [0.2, 0.25) is 5.91 Å². The fourth-order valence-corrected chi connectivity index (χ4v) is 1.51. The van der Waals surface area contributed by atoms with Gasteiger partial charge >= 0.3 is 5.97 Å². The minimum absolute atomic E-state index is 0.157. The number of rotatable bonds is 5. The predicted octanol–water partition coefficient (Wildman–Crippen LogP) is 1.47. The molecule has 0 aliphatic rings. The molecule has 1 aromatic carbocycles. The van der Waals surface area contributed by atoms with Crippen LogP contribution in [-0.4, -0.2) is 25.0 Å². The number of benzene rings is 1. The molecule has 0 saturated heterocycles. The Labute approximate surface area is 101 Å². The molecule has 0 bridgehead atoms. The second-order valence-electron chi connectivity index (χ2n) is 3.65. The first kappa shape index (κ1) is 13.2. The van der Waals surface area contributed by atoms with Crippen molar-refractivity contribution in [3.63, 3.8) is 0 Å². The summed E-state index contributed by atoms with van der Waals surface area (Å²) in [5, 5.41) is 2.64. The molecule has 1 amide bonds. The van der Waals surface area contributed by atoms with Crippen molar-refractivity contribution in [1.29, 1.82) is 0 Å². The minimum Gasteiger partial charge on any atom is -0.465 e. The fourth-order valence-electron chi connectivity index (χ4n) is 1.51. The highest BCUT2D eigenvalue weighted by molar-refractivity contribution is 5.80. The van der Waals surface area contributed by atoms with Crippen LogP contribution < -0.4 is 5.32 Å². The van der Waals surface area contributed by atoms with Crippen molar-refractivity contribution in [3.8, 4) is 0 Å². The summed E-state index contributed by atoms with van der Waals surface area (Å²) in [4.78, 5) is 22.7. The Morgan fingerprint density at radius 2 is 1.94 bits per heavy atom. The second kappa shape index (κ2) is 6.68. The highest BCUT2D eigenvalue weighted by atomic mass is 16.5. The van der Waals surface area contributed by atoms with Crippen LogP contribution >= 0.6 is 0 Å². The Kier molecular flexibility index (Phi) is 5.20. The van der Waals surface area contributed by atoms with Crippen LogP contribution in [-0.2, 0) is 14.3 Å². The maximum Gasteiger partial charge on any atom is 0.315 e. The van der Waals surface area contributed by atoms with E-state index < -0.39 is 5.92 Å². The van der Waals surface area contributed by atoms with Crippen LogP contribution in [0.25, 0.3) is 0 Å². The average Bonchev–Trinajstić information content (AvgIpc) is 2.30. The van der Waals surface area contributed by atoms with E-state index in [4.69, 9.17) is 4.74 Å². The van der Waals surface area contributed by atoms with Crippen LogP contribution in [0.15, 0.2) is 30.3 Å². The van der Waals surface area contributed by atoms with Gasteiger partial charge in [-0.15, -0.1) is 0 Å². The summed E-state index contributed by atoms with van der Waals surface area (Å²) in [6.07, 6.45) is 0. The molecule has 0 radical (unpaired) electrons. The summed E-state index contributed by atoms with van der Waals surface area (Å²) in [5.41, 5.74) is 0.847. The van der Waals surface area contributed by atoms with Crippen molar-refractivity contribution in [2.75, 3.05) is 13.2 Å². The van der Waals surface area contributed by atoms with Gasteiger partial charge < -0.3 is 10.1 Å². The Hall–Kier alpha value is -1.84. The van der Waals surface area contributed by atoms with E-state index in [1.54, 1.807) is 6.92 Å². The molecule has 4 heteroatoms. The maximum absolute atomic E-state index is 11.8. The number of hydrogen-bond donors (Lipinski definition) is 1. The number of ether oxygens (including phenoxy) is 1. The molecule has 1 N–H and O–H groups in total. The first-order chi connectivity index (χ1) is 8.15. The van der Waals surface area contributed by atoms with Gasteiger partial charge in [-0.1, -0.05) is 30.3 Å². The van der Waals surface area contributed by atoms with Gasteiger partial charge in [-0.2, -0.15) is 0 Å². The quantitative estimate of drug-likeness (QED) is 0.786. The zero-order valence-electron chi connectivity index (χ0n) is 10.1. The second-order valence-corrected chi connectivity index (χ2v) is 3.65.